The van der Waals surface area contributed by atoms with E-state index in [4.69, 9.17) is 5.26 Å². The van der Waals surface area contributed by atoms with E-state index in [9.17, 15) is 4.79 Å². The standard InChI is InChI=1S/C16H16N2O/c17-8-12-3-6-16-14(7-12)15(9-18-16)13-4-1-11(10-19)2-5-13/h3,6-7,9-11,13,18H,1-2,4-5H2. The number of nitrogens with one attached hydrogen (secondary N) is 1. The van der Waals surface area contributed by atoms with Gasteiger partial charge < -0.3 is 9.78 Å². The Balaban J connectivity index is 1.93. The first-order valence-corrected chi connectivity index (χ1v) is 6.78. The fourth-order valence-corrected chi connectivity index (χ4v) is 3.12. The van der Waals surface area contributed by atoms with Gasteiger partial charge in [-0.2, -0.15) is 5.26 Å². The number of nitrogens with zero attached hydrogens (tertiary/aromatic N) is 1. The molecule has 0 saturated heterocycles. The van der Waals surface area contributed by atoms with E-state index in [2.05, 4.69) is 17.3 Å². The minimum absolute atomic E-state index is 0.246. The Morgan fingerprint density at radius 2 is 2.05 bits per heavy atom. The van der Waals surface area contributed by atoms with Gasteiger partial charge in [-0.05, 0) is 55.4 Å². The summed E-state index contributed by atoms with van der Waals surface area (Å²) in [4.78, 5) is 14.1. The molecule has 96 valence electrons. The monoisotopic (exact) mass is 252 g/mol. The fourth-order valence-electron chi connectivity index (χ4n) is 3.12. The summed E-state index contributed by atoms with van der Waals surface area (Å²) < 4.78 is 0. The largest absolute Gasteiger partial charge is 0.361 e. The number of nitriles is 1. The molecule has 1 aliphatic carbocycles. The van der Waals surface area contributed by atoms with Gasteiger partial charge in [-0.15, -0.1) is 0 Å². The molecule has 2 aromatic rings. The maximum Gasteiger partial charge on any atom is 0.123 e. The Hall–Kier alpha value is -2.08. The minimum Gasteiger partial charge on any atom is -0.361 e. The molecular weight excluding hydrogens is 236 g/mol. The number of aldehydes is 1. The van der Waals surface area contributed by atoms with Crippen molar-refractivity contribution < 1.29 is 4.79 Å². The summed E-state index contributed by atoms with van der Waals surface area (Å²) in [5.74, 6) is 0.759. The highest BCUT2D eigenvalue weighted by molar-refractivity contribution is 5.85. The van der Waals surface area contributed by atoms with E-state index >= 15 is 0 Å². The van der Waals surface area contributed by atoms with Crippen molar-refractivity contribution in [3.63, 3.8) is 0 Å². The maximum atomic E-state index is 10.8. The van der Waals surface area contributed by atoms with Crippen LogP contribution in [-0.2, 0) is 4.79 Å². The van der Waals surface area contributed by atoms with Gasteiger partial charge in [0, 0.05) is 23.0 Å². The summed E-state index contributed by atoms with van der Waals surface area (Å²) >= 11 is 0. The van der Waals surface area contributed by atoms with Crippen LogP contribution >= 0.6 is 0 Å². The van der Waals surface area contributed by atoms with E-state index in [1.165, 1.54) is 5.56 Å². The number of aromatic nitrogens is 1. The van der Waals surface area contributed by atoms with Crippen molar-refractivity contribution in [1.29, 1.82) is 5.26 Å². The number of hydrogen-bond acceptors (Lipinski definition) is 2. The first-order valence-electron chi connectivity index (χ1n) is 6.78. The van der Waals surface area contributed by atoms with Crippen LogP contribution in [0.1, 0.15) is 42.7 Å². The molecule has 1 N–H and O–H groups in total. The summed E-state index contributed by atoms with van der Waals surface area (Å²) in [7, 11) is 0. The van der Waals surface area contributed by atoms with E-state index in [1.54, 1.807) is 0 Å². The summed E-state index contributed by atoms with van der Waals surface area (Å²) in [5.41, 5.74) is 3.10. The molecule has 0 unspecified atom stereocenters. The summed E-state index contributed by atoms with van der Waals surface area (Å²) in [5, 5.41) is 10.2. The van der Waals surface area contributed by atoms with Crippen LogP contribution in [-0.4, -0.2) is 11.3 Å². The molecular formula is C16H16N2O. The van der Waals surface area contributed by atoms with Crippen LogP contribution in [0.25, 0.3) is 10.9 Å². The summed E-state index contributed by atoms with van der Waals surface area (Å²) in [6.45, 7) is 0. The molecule has 0 spiro atoms. The zero-order valence-corrected chi connectivity index (χ0v) is 10.7. The van der Waals surface area contributed by atoms with Gasteiger partial charge in [-0.25, -0.2) is 0 Å². The number of carbonyl (C=O) groups is 1. The Bertz CT molecular complexity index is 642. The van der Waals surface area contributed by atoms with Gasteiger partial charge in [-0.3, -0.25) is 0 Å². The van der Waals surface area contributed by atoms with Gasteiger partial charge in [0.2, 0.25) is 0 Å². The lowest BCUT2D eigenvalue weighted by Gasteiger charge is -2.25. The first-order chi connectivity index (χ1) is 9.31. The highest BCUT2D eigenvalue weighted by Gasteiger charge is 2.23. The Morgan fingerprint density at radius 3 is 2.74 bits per heavy atom. The molecule has 0 bridgehead atoms. The van der Waals surface area contributed by atoms with Gasteiger partial charge in [0.25, 0.3) is 0 Å². The lowest BCUT2D eigenvalue weighted by Crippen LogP contribution is -2.13. The molecule has 0 amide bonds. The molecule has 3 nitrogen and oxygen atoms in total. The summed E-state index contributed by atoms with van der Waals surface area (Å²) in [6, 6.07) is 7.97. The second-order valence-corrected chi connectivity index (χ2v) is 5.36. The van der Waals surface area contributed by atoms with Crippen LogP contribution in [0.4, 0.5) is 0 Å². The summed E-state index contributed by atoms with van der Waals surface area (Å²) in [6.07, 6.45) is 7.26. The Morgan fingerprint density at radius 1 is 1.26 bits per heavy atom. The number of hydrogen-bond donors (Lipinski definition) is 1. The Labute approximate surface area is 112 Å². The molecule has 1 heterocycles. The van der Waals surface area contributed by atoms with Crippen LogP contribution in [0.2, 0.25) is 0 Å². The lowest BCUT2D eigenvalue weighted by molar-refractivity contribution is -0.111. The van der Waals surface area contributed by atoms with Gasteiger partial charge in [0.05, 0.1) is 11.6 Å². The topological polar surface area (TPSA) is 56.6 Å². The number of H-pyrrole nitrogens is 1. The molecule has 0 aliphatic heterocycles. The van der Waals surface area contributed by atoms with Crippen molar-refractivity contribution in [2.45, 2.75) is 31.6 Å². The second kappa shape index (κ2) is 4.89. The second-order valence-electron chi connectivity index (χ2n) is 5.36. The number of benzene rings is 1. The van der Waals surface area contributed by atoms with Crippen LogP contribution in [0.5, 0.6) is 0 Å². The van der Waals surface area contributed by atoms with Crippen LogP contribution in [0.15, 0.2) is 24.4 Å². The number of rotatable bonds is 2. The maximum absolute atomic E-state index is 10.8. The lowest BCUT2D eigenvalue weighted by atomic mass is 9.79. The van der Waals surface area contributed by atoms with E-state index in [0.29, 0.717) is 11.5 Å². The molecule has 3 heteroatoms. The molecule has 1 aromatic carbocycles. The molecule has 1 saturated carbocycles. The number of fused-ring (bicyclic) bond motifs is 1. The van der Waals surface area contributed by atoms with Gasteiger partial charge in [-0.1, -0.05) is 0 Å². The average molecular weight is 252 g/mol. The molecule has 1 fully saturated rings. The normalized spacial score (nSPS) is 23.1. The van der Waals surface area contributed by atoms with Crippen molar-refractivity contribution >= 4 is 17.2 Å². The van der Waals surface area contributed by atoms with Crippen LogP contribution in [0.3, 0.4) is 0 Å². The van der Waals surface area contributed by atoms with Crippen LogP contribution < -0.4 is 0 Å². The predicted molar refractivity (Wildman–Crippen MR) is 73.8 cm³/mol. The average Bonchev–Trinajstić information content (AvgIpc) is 2.90. The van der Waals surface area contributed by atoms with Crippen molar-refractivity contribution in [2.75, 3.05) is 0 Å². The van der Waals surface area contributed by atoms with Gasteiger partial charge >= 0.3 is 0 Å². The van der Waals surface area contributed by atoms with E-state index in [-0.39, 0.29) is 5.92 Å². The van der Waals surface area contributed by atoms with E-state index < -0.39 is 0 Å². The molecule has 3 rings (SSSR count). The van der Waals surface area contributed by atoms with Crippen molar-refractivity contribution in [1.82, 2.24) is 4.98 Å². The van der Waals surface area contributed by atoms with Crippen molar-refractivity contribution in [3.8, 4) is 6.07 Å². The molecule has 0 radical (unpaired) electrons. The molecule has 1 aromatic heterocycles. The quantitative estimate of drug-likeness (QED) is 0.831. The third kappa shape index (κ3) is 2.15. The highest BCUT2D eigenvalue weighted by Crippen LogP contribution is 2.38. The molecule has 19 heavy (non-hydrogen) atoms. The van der Waals surface area contributed by atoms with Gasteiger partial charge in [0.15, 0.2) is 0 Å². The zero-order chi connectivity index (χ0) is 13.2. The fraction of sp³-hybridized carbons (Fsp3) is 0.375. The number of carbonyl (C=O) groups excluding carboxylic acids is 1. The van der Waals surface area contributed by atoms with Gasteiger partial charge in [0.1, 0.15) is 6.29 Å². The van der Waals surface area contributed by atoms with E-state index in [1.807, 2.05) is 18.2 Å². The zero-order valence-electron chi connectivity index (χ0n) is 10.7. The highest BCUT2D eigenvalue weighted by atomic mass is 16.1. The smallest absolute Gasteiger partial charge is 0.123 e. The Kier molecular flexibility index (Phi) is 3.08. The third-order valence-electron chi connectivity index (χ3n) is 4.25. The molecule has 0 atom stereocenters. The predicted octanol–water partition coefficient (Wildman–Crippen LogP) is 3.51. The number of aromatic amines is 1. The SMILES string of the molecule is N#Cc1ccc2[nH]cc(C3CCC(C=O)CC3)c2c1. The third-order valence-corrected chi connectivity index (χ3v) is 4.25. The van der Waals surface area contributed by atoms with Crippen LogP contribution in [0, 0.1) is 17.2 Å². The van der Waals surface area contributed by atoms with E-state index in [0.717, 1.165) is 42.9 Å². The van der Waals surface area contributed by atoms with Crippen molar-refractivity contribution in [3.05, 3.63) is 35.5 Å². The first kappa shape index (κ1) is 12.0. The van der Waals surface area contributed by atoms with Crippen molar-refractivity contribution in [2.24, 2.45) is 5.92 Å². The molecule has 1 aliphatic rings. The minimum atomic E-state index is 0.246.